The summed E-state index contributed by atoms with van der Waals surface area (Å²) in [6.07, 6.45) is 0. The van der Waals surface area contributed by atoms with Crippen molar-refractivity contribution in [3.8, 4) is 0 Å². The van der Waals surface area contributed by atoms with Crippen LogP contribution in [0.25, 0.3) is 0 Å². The third-order valence-corrected chi connectivity index (χ3v) is 7.12. The predicted octanol–water partition coefficient (Wildman–Crippen LogP) is 1.17. The standard InChI is InChI=1S/C12H16ClN5O3S2.ClH/c13-9-1-2-12(22-9)23(19,20)18-5-3-17(4-6-18)8-10-15-11(7-14)21-16-10;/h1-2H,3-8,14H2;1H. The Labute approximate surface area is 155 Å². The molecule has 0 radical (unpaired) electrons. The van der Waals surface area contributed by atoms with Crippen LogP contribution in [-0.4, -0.2) is 53.9 Å². The number of hydrogen-bond acceptors (Lipinski definition) is 8. The van der Waals surface area contributed by atoms with Crippen LogP contribution >= 0.6 is 35.3 Å². The fourth-order valence-electron chi connectivity index (χ4n) is 2.33. The van der Waals surface area contributed by atoms with E-state index < -0.39 is 10.0 Å². The average Bonchev–Trinajstić information content (AvgIpc) is 3.17. The second-order valence-corrected chi connectivity index (χ2v) is 8.93. The summed E-state index contributed by atoms with van der Waals surface area (Å²) in [5.41, 5.74) is 5.43. The van der Waals surface area contributed by atoms with E-state index in [1.807, 2.05) is 0 Å². The second-order valence-electron chi connectivity index (χ2n) is 5.05. The zero-order chi connectivity index (χ0) is 16.4. The number of nitrogens with zero attached hydrogens (tertiary/aromatic N) is 4. The summed E-state index contributed by atoms with van der Waals surface area (Å²) in [6.45, 7) is 2.76. The Kier molecular flexibility index (Phi) is 6.59. The van der Waals surface area contributed by atoms with Gasteiger partial charge in [-0.25, -0.2) is 8.42 Å². The van der Waals surface area contributed by atoms with Crippen LogP contribution in [-0.2, 0) is 23.1 Å². The summed E-state index contributed by atoms with van der Waals surface area (Å²) in [5, 5.41) is 3.85. The van der Waals surface area contributed by atoms with Crippen molar-refractivity contribution in [2.45, 2.75) is 17.3 Å². The molecule has 1 aliphatic rings. The van der Waals surface area contributed by atoms with Crippen molar-refractivity contribution in [2.75, 3.05) is 26.2 Å². The molecule has 0 atom stereocenters. The Balaban J connectivity index is 0.00000208. The van der Waals surface area contributed by atoms with E-state index >= 15 is 0 Å². The van der Waals surface area contributed by atoms with Gasteiger partial charge in [-0.1, -0.05) is 16.8 Å². The van der Waals surface area contributed by atoms with Crippen LogP contribution in [0.3, 0.4) is 0 Å². The molecule has 0 bridgehead atoms. The quantitative estimate of drug-likeness (QED) is 0.783. The van der Waals surface area contributed by atoms with E-state index in [-0.39, 0.29) is 23.2 Å². The maximum atomic E-state index is 12.5. The van der Waals surface area contributed by atoms with Gasteiger partial charge in [-0.3, -0.25) is 4.90 Å². The third kappa shape index (κ3) is 4.26. The van der Waals surface area contributed by atoms with Crippen molar-refractivity contribution in [1.29, 1.82) is 0 Å². The molecule has 0 aromatic carbocycles. The number of thiophene rings is 1. The van der Waals surface area contributed by atoms with E-state index in [2.05, 4.69) is 15.0 Å². The monoisotopic (exact) mass is 413 g/mol. The van der Waals surface area contributed by atoms with Crippen LogP contribution in [0.15, 0.2) is 20.9 Å². The van der Waals surface area contributed by atoms with E-state index in [1.165, 1.54) is 4.31 Å². The smallest absolute Gasteiger partial charge is 0.252 e. The normalized spacial score (nSPS) is 16.9. The lowest BCUT2D eigenvalue weighted by Gasteiger charge is -2.32. The van der Waals surface area contributed by atoms with E-state index in [0.29, 0.717) is 48.8 Å². The molecule has 2 aromatic heterocycles. The van der Waals surface area contributed by atoms with Crippen molar-refractivity contribution in [2.24, 2.45) is 5.73 Å². The minimum atomic E-state index is -3.46. The highest BCUT2D eigenvalue weighted by Crippen LogP contribution is 2.28. The SMILES string of the molecule is Cl.NCc1nc(CN2CCN(S(=O)(=O)c3ccc(Cl)s3)CC2)no1. The van der Waals surface area contributed by atoms with Crippen LogP contribution in [0.1, 0.15) is 11.7 Å². The number of piperazine rings is 1. The molecule has 0 unspecified atom stereocenters. The Morgan fingerprint density at radius 1 is 1.29 bits per heavy atom. The number of aromatic nitrogens is 2. The van der Waals surface area contributed by atoms with Gasteiger partial charge in [0, 0.05) is 26.2 Å². The molecule has 0 saturated carbocycles. The summed E-state index contributed by atoms with van der Waals surface area (Å²) in [4.78, 5) is 6.23. The number of halogens is 2. The Morgan fingerprint density at radius 2 is 2.00 bits per heavy atom. The van der Waals surface area contributed by atoms with Gasteiger partial charge < -0.3 is 10.3 Å². The molecule has 2 N–H and O–H groups in total. The summed E-state index contributed by atoms with van der Waals surface area (Å²) >= 11 is 6.90. The molecule has 2 aromatic rings. The van der Waals surface area contributed by atoms with Crippen LogP contribution < -0.4 is 5.73 Å². The second kappa shape index (κ2) is 8.09. The fraction of sp³-hybridized carbons (Fsp3) is 0.500. The summed E-state index contributed by atoms with van der Waals surface area (Å²) in [5.74, 6) is 0.961. The van der Waals surface area contributed by atoms with E-state index in [0.717, 1.165) is 11.3 Å². The molecule has 134 valence electrons. The van der Waals surface area contributed by atoms with E-state index in [1.54, 1.807) is 12.1 Å². The lowest BCUT2D eigenvalue weighted by atomic mass is 10.3. The summed E-state index contributed by atoms with van der Waals surface area (Å²) in [7, 11) is -3.46. The highest BCUT2D eigenvalue weighted by atomic mass is 35.5. The highest BCUT2D eigenvalue weighted by molar-refractivity contribution is 7.91. The number of rotatable bonds is 5. The van der Waals surface area contributed by atoms with Crippen molar-refractivity contribution >= 4 is 45.4 Å². The van der Waals surface area contributed by atoms with Crippen molar-refractivity contribution in [3.05, 3.63) is 28.2 Å². The number of nitrogens with two attached hydrogens (primary N) is 1. The zero-order valence-corrected chi connectivity index (χ0v) is 15.8. The van der Waals surface area contributed by atoms with E-state index in [4.69, 9.17) is 21.9 Å². The number of hydrogen-bond donors (Lipinski definition) is 1. The minimum Gasteiger partial charge on any atom is -0.338 e. The molecule has 3 rings (SSSR count). The average molecular weight is 414 g/mol. The first kappa shape index (κ1) is 19.6. The topological polar surface area (TPSA) is 106 Å². The maximum Gasteiger partial charge on any atom is 0.252 e. The summed E-state index contributed by atoms with van der Waals surface area (Å²) < 4.78 is 32.2. The van der Waals surface area contributed by atoms with Crippen LogP contribution in [0.2, 0.25) is 4.34 Å². The van der Waals surface area contributed by atoms with Crippen molar-refractivity contribution < 1.29 is 12.9 Å². The highest BCUT2D eigenvalue weighted by Gasteiger charge is 2.30. The van der Waals surface area contributed by atoms with Crippen LogP contribution in [0.4, 0.5) is 0 Å². The van der Waals surface area contributed by atoms with Gasteiger partial charge in [-0.15, -0.1) is 23.7 Å². The molecule has 24 heavy (non-hydrogen) atoms. The summed E-state index contributed by atoms with van der Waals surface area (Å²) in [6, 6.07) is 3.14. The molecule has 1 saturated heterocycles. The Bertz CT molecular complexity index is 771. The first-order valence-electron chi connectivity index (χ1n) is 6.98. The van der Waals surface area contributed by atoms with Gasteiger partial charge in [-0.05, 0) is 12.1 Å². The van der Waals surface area contributed by atoms with Crippen LogP contribution in [0, 0.1) is 0 Å². The lowest BCUT2D eigenvalue weighted by Crippen LogP contribution is -2.48. The molecular weight excluding hydrogens is 397 g/mol. The van der Waals surface area contributed by atoms with Crippen molar-refractivity contribution in [3.63, 3.8) is 0 Å². The molecule has 0 aliphatic carbocycles. The number of sulfonamides is 1. The van der Waals surface area contributed by atoms with Gasteiger partial charge in [0.2, 0.25) is 5.89 Å². The molecular formula is C12H17Cl2N5O3S2. The van der Waals surface area contributed by atoms with E-state index in [9.17, 15) is 8.42 Å². The van der Waals surface area contributed by atoms with Gasteiger partial charge in [0.25, 0.3) is 10.0 Å². The molecule has 0 spiro atoms. The Morgan fingerprint density at radius 3 is 2.54 bits per heavy atom. The van der Waals surface area contributed by atoms with Gasteiger partial charge in [-0.2, -0.15) is 9.29 Å². The maximum absolute atomic E-state index is 12.5. The molecule has 1 fully saturated rings. The molecule has 1 aliphatic heterocycles. The predicted molar refractivity (Wildman–Crippen MR) is 92.8 cm³/mol. The lowest BCUT2D eigenvalue weighted by molar-refractivity contribution is 0.176. The molecule has 12 heteroatoms. The molecule has 3 heterocycles. The molecule has 0 amide bonds. The Hall–Kier alpha value is -0.750. The fourth-order valence-corrected chi connectivity index (χ4v) is 5.39. The zero-order valence-electron chi connectivity index (χ0n) is 12.6. The minimum absolute atomic E-state index is 0. The van der Waals surface area contributed by atoms with Gasteiger partial charge in [0.05, 0.1) is 17.4 Å². The largest absolute Gasteiger partial charge is 0.338 e. The molecule has 8 nitrogen and oxygen atoms in total. The first-order valence-corrected chi connectivity index (χ1v) is 9.62. The van der Waals surface area contributed by atoms with Crippen molar-refractivity contribution in [1.82, 2.24) is 19.3 Å². The van der Waals surface area contributed by atoms with Gasteiger partial charge in [0.15, 0.2) is 5.82 Å². The van der Waals surface area contributed by atoms with Gasteiger partial charge >= 0.3 is 0 Å². The van der Waals surface area contributed by atoms with Crippen LogP contribution in [0.5, 0.6) is 0 Å². The first-order chi connectivity index (χ1) is 11.0. The van der Waals surface area contributed by atoms with Gasteiger partial charge in [0.1, 0.15) is 4.21 Å². The third-order valence-electron chi connectivity index (χ3n) is 3.52.